The van der Waals surface area contributed by atoms with E-state index in [0.717, 1.165) is 30.0 Å². The normalized spacial score (nSPS) is 17.6. The second-order valence-corrected chi connectivity index (χ2v) is 9.69. The monoisotopic (exact) mass is 498 g/mol. The van der Waals surface area contributed by atoms with E-state index in [1.807, 2.05) is 6.92 Å². The van der Waals surface area contributed by atoms with E-state index in [0.29, 0.717) is 36.2 Å². The Labute approximate surface area is 213 Å². The summed E-state index contributed by atoms with van der Waals surface area (Å²) in [6.45, 7) is 13.4. The molecule has 188 valence electrons. The average molecular weight is 499 g/mol. The third-order valence-corrected chi connectivity index (χ3v) is 6.55. The van der Waals surface area contributed by atoms with Crippen LogP contribution >= 0.6 is 11.6 Å². The highest BCUT2D eigenvalue weighted by Gasteiger charge is 2.46. The smallest absolute Gasteiger partial charge is 0.295 e. The van der Waals surface area contributed by atoms with Gasteiger partial charge in [-0.3, -0.25) is 9.59 Å². The molecule has 1 aliphatic heterocycles. The summed E-state index contributed by atoms with van der Waals surface area (Å²) < 4.78 is 5.85. The number of Topliss-reactive ketones (excluding diaryl/α,β-unsaturated/α-hetero) is 1. The van der Waals surface area contributed by atoms with Crippen molar-refractivity contribution in [1.82, 2.24) is 9.80 Å². The molecule has 1 heterocycles. The van der Waals surface area contributed by atoms with Crippen molar-refractivity contribution in [2.45, 2.75) is 40.7 Å². The summed E-state index contributed by atoms with van der Waals surface area (Å²) in [4.78, 5) is 30.1. The Bertz CT molecular complexity index is 1090. The van der Waals surface area contributed by atoms with Crippen LogP contribution in [0.2, 0.25) is 5.02 Å². The highest BCUT2D eigenvalue weighted by molar-refractivity contribution is 6.46. The van der Waals surface area contributed by atoms with Gasteiger partial charge in [-0.05, 0) is 67.4 Å². The van der Waals surface area contributed by atoms with Gasteiger partial charge in [0, 0.05) is 23.7 Å². The lowest BCUT2D eigenvalue weighted by molar-refractivity contribution is -0.140. The average Bonchev–Trinajstić information content (AvgIpc) is 3.08. The lowest BCUT2D eigenvalue weighted by atomic mass is 9.95. The molecule has 0 unspecified atom stereocenters. The van der Waals surface area contributed by atoms with E-state index in [1.54, 1.807) is 47.4 Å². The van der Waals surface area contributed by atoms with Crippen LogP contribution in [-0.4, -0.2) is 59.4 Å². The number of hydrogen-bond donors (Lipinski definition) is 1. The van der Waals surface area contributed by atoms with E-state index in [9.17, 15) is 14.7 Å². The van der Waals surface area contributed by atoms with Crippen molar-refractivity contribution in [1.29, 1.82) is 0 Å². The highest BCUT2D eigenvalue weighted by Crippen LogP contribution is 2.40. The molecule has 1 aliphatic rings. The number of likely N-dealkylation sites (tertiary alicyclic amines) is 1. The summed E-state index contributed by atoms with van der Waals surface area (Å²) >= 11 is 6.10. The standard InChI is InChI=1S/C28H35ClN2O4/c1-6-30(7-2)14-15-31-25(20-8-11-22(29)12-9-20)24(27(33)28(31)34)26(32)21-10-13-23(19(5)16-21)35-17-18(3)4/h8-13,16,18,25,32H,6-7,14-15,17H2,1-5H3/b26-24+/t25-/m0/s1. The van der Waals surface area contributed by atoms with Crippen LogP contribution in [-0.2, 0) is 9.59 Å². The van der Waals surface area contributed by atoms with Gasteiger partial charge in [0.25, 0.3) is 11.7 Å². The van der Waals surface area contributed by atoms with Gasteiger partial charge < -0.3 is 19.6 Å². The Morgan fingerprint density at radius 3 is 2.34 bits per heavy atom. The van der Waals surface area contributed by atoms with Crippen molar-refractivity contribution >= 4 is 29.1 Å². The van der Waals surface area contributed by atoms with Crippen LogP contribution in [0.15, 0.2) is 48.0 Å². The number of aliphatic hydroxyl groups is 1. The SMILES string of the molecule is CCN(CC)CCN1C(=O)C(=O)/C(=C(/O)c2ccc(OCC(C)C)c(C)c2)[C@@H]1c1ccc(Cl)cc1. The number of likely N-dealkylation sites (N-methyl/N-ethyl adjacent to an activating group) is 1. The van der Waals surface area contributed by atoms with Gasteiger partial charge in [-0.25, -0.2) is 0 Å². The van der Waals surface area contributed by atoms with Crippen molar-refractivity contribution in [2.24, 2.45) is 5.92 Å². The molecule has 0 spiro atoms. The molecule has 0 aromatic heterocycles. The number of nitrogens with zero attached hydrogens (tertiary/aromatic N) is 2. The largest absolute Gasteiger partial charge is 0.507 e. The summed E-state index contributed by atoms with van der Waals surface area (Å²) in [6.07, 6.45) is 0. The number of ether oxygens (including phenoxy) is 1. The van der Waals surface area contributed by atoms with Crippen LogP contribution in [0.5, 0.6) is 5.75 Å². The van der Waals surface area contributed by atoms with Crippen LogP contribution in [0.25, 0.3) is 5.76 Å². The maximum atomic E-state index is 13.2. The summed E-state index contributed by atoms with van der Waals surface area (Å²) in [7, 11) is 0. The molecule has 0 aliphatic carbocycles. The first-order valence-electron chi connectivity index (χ1n) is 12.2. The van der Waals surface area contributed by atoms with E-state index < -0.39 is 17.7 Å². The third-order valence-electron chi connectivity index (χ3n) is 6.30. The van der Waals surface area contributed by atoms with Crippen LogP contribution in [0.1, 0.15) is 50.4 Å². The van der Waals surface area contributed by atoms with E-state index >= 15 is 0 Å². The van der Waals surface area contributed by atoms with Gasteiger partial charge in [-0.15, -0.1) is 0 Å². The molecule has 2 aromatic carbocycles. The molecule has 0 saturated carbocycles. The number of carbonyl (C=O) groups is 2. The molecule has 1 atom stereocenters. The van der Waals surface area contributed by atoms with Gasteiger partial charge in [0.1, 0.15) is 11.5 Å². The zero-order valence-corrected chi connectivity index (χ0v) is 21.9. The number of aliphatic hydroxyl groups excluding tert-OH is 1. The molecule has 0 radical (unpaired) electrons. The fourth-order valence-electron chi connectivity index (χ4n) is 4.26. The maximum absolute atomic E-state index is 13.2. The van der Waals surface area contributed by atoms with Gasteiger partial charge >= 0.3 is 0 Å². The summed E-state index contributed by atoms with van der Waals surface area (Å²) in [5.41, 5.74) is 2.13. The first-order chi connectivity index (χ1) is 16.7. The maximum Gasteiger partial charge on any atom is 0.295 e. The predicted octanol–water partition coefficient (Wildman–Crippen LogP) is 5.45. The minimum absolute atomic E-state index is 0.0899. The number of benzene rings is 2. The molecule has 1 amide bonds. The van der Waals surface area contributed by atoms with E-state index in [-0.39, 0.29) is 11.3 Å². The van der Waals surface area contributed by atoms with Crippen LogP contribution in [0, 0.1) is 12.8 Å². The second kappa shape index (κ2) is 11.7. The minimum atomic E-state index is -0.694. The summed E-state index contributed by atoms with van der Waals surface area (Å²) in [5, 5.41) is 11.9. The summed E-state index contributed by atoms with van der Waals surface area (Å²) in [5.74, 6) is -0.363. The molecule has 6 nitrogen and oxygen atoms in total. The number of carbonyl (C=O) groups excluding carboxylic acids is 2. The summed E-state index contributed by atoms with van der Waals surface area (Å²) in [6, 6.07) is 11.7. The molecule has 1 saturated heterocycles. The van der Waals surface area contributed by atoms with Gasteiger partial charge in [-0.2, -0.15) is 0 Å². The predicted molar refractivity (Wildman–Crippen MR) is 140 cm³/mol. The van der Waals surface area contributed by atoms with E-state index in [4.69, 9.17) is 16.3 Å². The molecular weight excluding hydrogens is 464 g/mol. The molecule has 35 heavy (non-hydrogen) atoms. The van der Waals surface area contributed by atoms with Crippen molar-refractivity contribution in [3.8, 4) is 5.75 Å². The Kier molecular flexibility index (Phi) is 8.98. The lowest BCUT2D eigenvalue weighted by Crippen LogP contribution is -2.38. The zero-order chi connectivity index (χ0) is 25.7. The highest BCUT2D eigenvalue weighted by atomic mass is 35.5. The van der Waals surface area contributed by atoms with E-state index in [2.05, 4.69) is 32.6 Å². The zero-order valence-electron chi connectivity index (χ0n) is 21.2. The Hall–Kier alpha value is -2.83. The van der Waals surface area contributed by atoms with Gasteiger partial charge in [-0.1, -0.05) is 51.4 Å². The Balaban J connectivity index is 2.04. The number of ketones is 1. The third kappa shape index (κ3) is 6.06. The second-order valence-electron chi connectivity index (χ2n) is 9.26. The van der Waals surface area contributed by atoms with Gasteiger partial charge in [0.05, 0.1) is 18.2 Å². The van der Waals surface area contributed by atoms with Crippen molar-refractivity contribution < 1.29 is 19.4 Å². The molecule has 3 rings (SSSR count). The van der Waals surface area contributed by atoms with Crippen LogP contribution < -0.4 is 4.74 Å². The molecule has 1 fully saturated rings. The first kappa shape index (κ1) is 26.8. The molecule has 1 N–H and O–H groups in total. The van der Waals surface area contributed by atoms with Crippen molar-refractivity contribution in [2.75, 3.05) is 32.8 Å². The van der Waals surface area contributed by atoms with Crippen molar-refractivity contribution in [3.63, 3.8) is 0 Å². The number of rotatable bonds is 10. The quantitative estimate of drug-likeness (QED) is 0.268. The van der Waals surface area contributed by atoms with Gasteiger partial charge in [0.2, 0.25) is 0 Å². The fraction of sp³-hybridized carbons (Fsp3) is 0.429. The number of hydrogen-bond acceptors (Lipinski definition) is 5. The molecule has 0 bridgehead atoms. The van der Waals surface area contributed by atoms with Crippen LogP contribution in [0.3, 0.4) is 0 Å². The Morgan fingerprint density at radius 2 is 1.77 bits per heavy atom. The Morgan fingerprint density at radius 1 is 1.11 bits per heavy atom. The molecule has 7 heteroatoms. The van der Waals surface area contributed by atoms with Crippen molar-refractivity contribution in [3.05, 3.63) is 69.8 Å². The van der Waals surface area contributed by atoms with E-state index in [1.165, 1.54) is 0 Å². The van der Waals surface area contributed by atoms with Crippen LogP contribution in [0.4, 0.5) is 0 Å². The molecule has 2 aromatic rings. The number of aryl methyl sites for hydroxylation is 1. The topological polar surface area (TPSA) is 70.1 Å². The lowest BCUT2D eigenvalue weighted by Gasteiger charge is -2.28. The molecular formula is C28H35ClN2O4. The minimum Gasteiger partial charge on any atom is -0.507 e. The number of amides is 1. The first-order valence-corrected chi connectivity index (χ1v) is 12.6. The number of halogens is 1. The fourth-order valence-corrected chi connectivity index (χ4v) is 4.39. The van der Waals surface area contributed by atoms with Gasteiger partial charge in [0.15, 0.2) is 0 Å².